The molecule has 0 aliphatic heterocycles. The second-order valence-corrected chi connectivity index (χ2v) is 6.45. The fourth-order valence-electron chi connectivity index (χ4n) is 1.53. The number of rotatable bonds is 3. The molecule has 0 aliphatic rings. The van der Waals surface area contributed by atoms with Gasteiger partial charge in [-0.25, -0.2) is 8.42 Å². The van der Waals surface area contributed by atoms with Gasteiger partial charge in [0, 0.05) is 28.6 Å². The zero-order valence-corrected chi connectivity index (χ0v) is 12.4. The van der Waals surface area contributed by atoms with Crippen LogP contribution in [0.3, 0.4) is 0 Å². The molecule has 100 valence electrons. The molecule has 0 fully saturated rings. The van der Waals surface area contributed by atoms with Gasteiger partial charge in [-0.2, -0.15) is 0 Å². The number of H-pyrrole nitrogens is 1. The summed E-state index contributed by atoms with van der Waals surface area (Å²) in [6, 6.07) is 6.20. The Morgan fingerprint density at radius 1 is 1.26 bits per heavy atom. The topological polar surface area (TPSA) is 79.0 Å². The number of pyridine rings is 1. The summed E-state index contributed by atoms with van der Waals surface area (Å²) in [5.74, 6) is 0. The predicted octanol–water partition coefficient (Wildman–Crippen LogP) is 2.25. The number of nitrogens with one attached hydrogen (secondary N) is 2. The lowest BCUT2D eigenvalue weighted by atomic mass is 10.2. The van der Waals surface area contributed by atoms with E-state index in [0.717, 1.165) is 16.2 Å². The fraction of sp³-hybridized carbons (Fsp3) is 0.0833. The molecule has 7 heteroatoms. The predicted molar refractivity (Wildman–Crippen MR) is 76.8 cm³/mol. The van der Waals surface area contributed by atoms with Crippen molar-refractivity contribution in [3.05, 3.63) is 56.9 Å². The fourth-order valence-corrected chi connectivity index (χ4v) is 2.88. The van der Waals surface area contributed by atoms with Crippen molar-refractivity contribution in [3.63, 3.8) is 0 Å². The first-order chi connectivity index (χ1) is 8.90. The maximum absolute atomic E-state index is 12.1. The Kier molecular flexibility index (Phi) is 3.77. The zero-order valence-electron chi connectivity index (χ0n) is 9.98. The van der Waals surface area contributed by atoms with E-state index in [9.17, 15) is 13.2 Å². The van der Waals surface area contributed by atoms with Crippen LogP contribution in [0.2, 0.25) is 0 Å². The largest absolute Gasteiger partial charge is 0.366 e. The summed E-state index contributed by atoms with van der Waals surface area (Å²) < 4.78 is 27.4. The highest BCUT2D eigenvalue weighted by molar-refractivity contribution is 9.10. The number of aryl methyl sites for hydroxylation is 1. The Labute approximate surface area is 118 Å². The van der Waals surface area contributed by atoms with Gasteiger partial charge >= 0.3 is 0 Å². The first-order valence-corrected chi connectivity index (χ1v) is 7.64. The van der Waals surface area contributed by atoms with Crippen molar-refractivity contribution in [2.75, 3.05) is 4.72 Å². The summed E-state index contributed by atoms with van der Waals surface area (Å²) in [5.41, 5.74) is 0.742. The Hall–Kier alpha value is -1.60. The lowest BCUT2D eigenvalue weighted by Gasteiger charge is -2.08. The van der Waals surface area contributed by atoms with Crippen molar-refractivity contribution >= 4 is 31.6 Å². The van der Waals surface area contributed by atoms with Crippen molar-refractivity contribution in [2.45, 2.75) is 11.8 Å². The highest BCUT2D eigenvalue weighted by Gasteiger charge is 2.17. The van der Waals surface area contributed by atoms with Gasteiger partial charge in [-0.15, -0.1) is 0 Å². The Morgan fingerprint density at radius 2 is 2.00 bits per heavy atom. The van der Waals surface area contributed by atoms with Crippen LogP contribution < -0.4 is 10.2 Å². The molecule has 1 aromatic carbocycles. The summed E-state index contributed by atoms with van der Waals surface area (Å²) in [4.78, 5) is 13.8. The second-order valence-electron chi connectivity index (χ2n) is 3.94. The molecule has 1 aromatic heterocycles. The molecule has 0 bridgehead atoms. The number of hydrogen-bond donors (Lipinski definition) is 2. The Balaban J connectivity index is 2.40. The molecule has 2 N–H and O–H groups in total. The van der Waals surface area contributed by atoms with Crippen LogP contribution in [0.15, 0.2) is 50.8 Å². The molecule has 19 heavy (non-hydrogen) atoms. The van der Waals surface area contributed by atoms with Crippen LogP contribution >= 0.6 is 15.9 Å². The van der Waals surface area contributed by atoms with Crippen molar-refractivity contribution < 1.29 is 8.42 Å². The molecule has 0 saturated heterocycles. The third-order valence-electron chi connectivity index (χ3n) is 2.49. The average molecular weight is 343 g/mol. The lowest BCUT2D eigenvalue weighted by molar-refractivity contribution is 0.600. The minimum absolute atomic E-state index is 0.310. The summed E-state index contributed by atoms with van der Waals surface area (Å²) in [6.07, 6.45) is 2.54. The molecule has 0 atom stereocenters. The van der Waals surface area contributed by atoms with E-state index in [1.54, 1.807) is 18.2 Å². The molecule has 2 aromatic rings. The van der Waals surface area contributed by atoms with Gasteiger partial charge in [-0.05, 0) is 30.7 Å². The van der Waals surface area contributed by atoms with E-state index < -0.39 is 15.5 Å². The van der Waals surface area contributed by atoms with Crippen LogP contribution in [0, 0.1) is 6.92 Å². The van der Waals surface area contributed by atoms with E-state index in [1.807, 2.05) is 6.92 Å². The van der Waals surface area contributed by atoms with Crippen molar-refractivity contribution in [1.82, 2.24) is 4.98 Å². The molecule has 0 unspecified atom stereocenters. The van der Waals surface area contributed by atoms with Gasteiger partial charge in [-0.1, -0.05) is 15.9 Å². The molecule has 1 heterocycles. The van der Waals surface area contributed by atoms with Gasteiger partial charge in [0.2, 0.25) is 5.43 Å². The van der Waals surface area contributed by atoms with Gasteiger partial charge < -0.3 is 4.98 Å². The molecule has 2 rings (SSSR count). The van der Waals surface area contributed by atoms with Crippen molar-refractivity contribution in [1.29, 1.82) is 0 Å². The van der Waals surface area contributed by atoms with Gasteiger partial charge in [0.1, 0.15) is 0 Å². The SMILES string of the molecule is Cc1cc(NS(=O)(=O)c2c[nH]ccc2=O)ccc1Br. The van der Waals surface area contributed by atoms with Gasteiger partial charge in [0.05, 0.1) is 0 Å². The number of halogens is 1. The van der Waals surface area contributed by atoms with Crippen LogP contribution in [0.4, 0.5) is 5.69 Å². The Bertz CT molecular complexity index is 769. The number of aromatic nitrogens is 1. The van der Waals surface area contributed by atoms with Gasteiger partial charge in [0.25, 0.3) is 10.0 Å². The molecule has 0 radical (unpaired) electrons. The van der Waals surface area contributed by atoms with Gasteiger partial charge in [-0.3, -0.25) is 9.52 Å². The maximum atomic E-state index is 12.1. The minimum Gasteiger partial charge on any atom is -0.366 e. The number of aromatic amines is 1. The average Bonchev–Trinajstić information content (AvgIpc) is 2.34. The van der Waals surface area contributed by atoms with E-state index >= 15 is 0 Å². The second kappa shape index (κ2) is 5.18. The highest BCUT2D eigenvalue weighted by atomic mass is 79.9. The first kappa shape index (κ1) is 13.8. The van der Waals surface area contributed by atoms with Crippen LogP contribution in [0.1, 0.15) is 5.56 Å². The van der Waals surface area contributed by atoms with E-state index in [2.05, 4.69) is 25.6 Å². The molecule has 0 saturated carbocycles. The number of anilines is 1. The zero-order chi connectivity index (χ0) is 14.0. The monoisotopic (exact) mass is 342 g/mol. The summed E-state index contributed by atoms with van der Waals surface area (Å²) in [6.45, 7) is 1.84. The third-order valence-corrected chi connectivity index (χ3v) is 4.78. The molecule has 0 aliphatic carbocycles. The number of hydrogen-bond acceptors (Lipinski definition) is 3. The van der Waals surface area contributed by atoms with E-state index in [0.29, 0.717) is 5.69 Å². The first-order valence-electron chi connectivity index (χ1n) is 5.36. The summed E-state index contributed by atoms with van der Waals surface area (Å²) in [7, 11) is -3.88. The van der Waals surface area contributed by atoms with Crippen LogP contribution in [-0.2, 0) is 10.0 Å². The maximum Gasteiger partial charge on any atom is 0.267 e. The Morgan fingerprint density at radius 3 is 2.63 bits per heavy atom. The molecular formula is C12H11BrN2O3S. The van der Waals surface area contributed by atoms with Crippen molar-refractivity contribution in [2.24, 2.45) is 0 Å². The minimum atomic E-state index is -3.88. The highest BCUT2D eigenvalue weighted by Crippen LogP contribution is 2.21. The van der Waals surface area contributed by atoms with E-state index in [4.69, 9.17) is 0 Å². The smallest absolute Gasteiger partial charge is 0.267 e. The summed E-state index contributed by atoms with van der Waals surface area (Å²) >= 11 is 3.33. The quantitative estimate of drug-likeness (QED) is 0.897. The van der Waals surface area contributed by atoms with E-state index in [1.165, 1.54) is 12.3 Å². The van der Waals surface area contributed by atoms with Crippen LogP contribution in [0.25, 0.3) is 0 Å². The molecule has 5 nitrogen and oxygen atoms in total. The van der Waals surface area contributed by atoms with Gasteiger partial charge in [0.15, 0.2) is 4.90 Å². The molecule has 0 amide bonds. The normalized spacial score (nSPS) is 11.3. The molecular weight excluding hydrogens is 332 g/mol. The summed E-state index contributed by atoms with van der Waals surface area (Å²) in [5, 5.41) is 0. The standard InChI is InChI=1S/C12H11BrN2O3S/c1-8-6-9(2-3-10(8)13)15-19(17,18)12-7-14-5-4-11(12)16/h2-7,15H,1H3,(H,14,16). The van der Waals surface area contributed by atoms with Crippen molar-refractivity contribution in [3.8, 4) is 0 Å². The number of benzene rings is 1. The molecule has 0 spiro atoms. The van der Waals surface area contributed by atoms with Crippen LogP contribution in [0.5, 0.6) is 0 Å². The third kappa shape index (κ3) is 3.05. The lowest BCUT2D eigenvalue weighted by Crippen LogP contribution is -2.20. The number of sulfonamides is 1. The van der Waals surface area contributed by atoms with E-state index in [-0.39, 0.29) is 4.90 Å². The van der Waals surface area contributed by atoms with Crippen LogP contribution in [-0.4, -0.2) is 13.4 Å².